The molecule has 6 nitrogen and oxygen atoms in total. The normalized spacial score (nSPS) is 43.2. The number of esters is 1. The van der Waals surface area contributed by atoms with Gasteiger partial charge >= 0.3 is 5.97 Å². The van der Waals surface area contributed by atoms with Gasteiger partial charge < -0.3 is 4.74 Å². The Morgan fingerprint density at radius 3 is 2.53 bits per heavy atom. The summed E-state index contributed by atoms with van der Waals surface area (Å²) in [4.78, 5) is 27.4. The van der Waals surface area contributed by atoms with Crippen LogP contribution < -0.4 is 0 Å². The second-order valence-corrected chi connectivity index (χ2v) is 13.3. The van der Waals surface area contributed by atoms with Crippen LogP contribution in [-0.4, -0.2) is 32.9 Å². The summed E-state index contributed by atoms with van der Waals surface area (Å²) in [5, 5.41) is 0.427. The Morgan fingerprint density at radius 2 is 1.79 bits per heavy atom. The molecule has 1 heterocycles. The third kappa shape index (κ3) is 2.75. The highest BCUT2D eigenvalue weighted by atomic mass is 35.5. The molecule has 0 N–H and O–H groups in total. The molecule has 4 bridgehead atoms. The number of ketones is 1. The Bertz CT molecular complexity index is 1210. The minimum Gasteiger partial charge on any atom is -0.465 e. The lowest BCUT2D eigenvalue weighted by molar-refractivity contribution is -0.251. The van der Waals surface area contributed by atoms with Crippen LogP contribution in [0.15, 0.2) is 41.3 Å². The summed E-state index contributed by atoms with van der Waals surface area (Å²) in [6.07, 6.45) is 3.93. The lowest BCUT2D eigenvalue weighted by atomic mass is 9.35. The predicted octanol–water partition coefficient (Wildman–Crippen LogP) is 4.71. The number of allylic oxidation sites excluding steroid dienone is 1. The molecule has 6 fully saturated rings. The molecule has 5 saturated carbocycles. The Morgan fingerprint density at radius 1 is 1.06 bits per heavy atom. The van der Waals surface area contributed by atoms with Gasteiger partial charge in [-0.25, -0.2) is 0 Å². The zero-order valence-electron chi connectivity index (χ0n) is 19.2. The minimum atomic E-state index is -4.15. The van der Waals surface area contributed by atoms with Gasteiger partial charge in [0.15, 0.2) is 5.78 Å². The Labute approximate surface area is 205 Å². The van der Waals surface area contributed by atoms with Crippen LogP contribution in [0.2, 0.25) is 5.02 Å². The molecule has 6 aliphatic rings. The molecule has 0 aromatic heterocycles. The fourth-order valence-corrected chi connectivity index (χ4v) is 9.69. The van der Waals surface area contributed by atoms with Crippen LogP contribution in [0.4, 0.5) is 0 Å². The third-order valence-corrected chi connectivity index (χ3v) is 11.5. The number of benzene rings is 1. The van der Waals surface area contributed by atoms with Crippen molar-refractivity contribution >= 4 is 33.5 Å². The molecular formula is C26H29ClO6S. The molecule has 5 aliphatic carbocycles. The van der Waals surface area contributed by atoms with Gasteiger partial charge in [-0.2, -0.15) is 8.42 Å². The van der Waals surface area contributed by atoms with E-state index in [1.807, 2.05) is 0 Å². The third-order valence-electron chi connectivity index (χ3n) is 9.96. The number of Topliss-reactive ketones (excluding diaryl/α,β-unsaturated/α-hetero) is 1. The van der Waals surface area contributed by atoms with Gasteiger partial charge in [-0.3, -0.25) is 13.8 Å². The van der Waals surface area contributed by atoms with Crippen molar-refractivity contribution in [3.05, 3.63) is 41.4 Å². The molecule has 4 unspecified atom stereocenters. The summed E-state index contributed by atoms with van der Waals surface area (Å²) in [5.74, 6) is -0.674. The molecule has 1 aromatic carbocycles. The van der Waals surface area contributed by atoms with Gasteiger partial charge in [0.05, 0.1) is 28.4 Å². The number of ether oxygens (including phenoxy) is 1. The van der Waals surface area contributed by atoms with E-state index in [2.05, 4.69) is 13.5 Å². The van der Waals surface area contributed by atoms with Gasteiger partial charge in [-0.1, -0.05) is 31.5 Å². The summed E-state index contributed by atoms with van der Waals surface area (Å²) in [6.45, 7) is 6.56. The van der Waals surface area contributed by atoms with E-state index in [0.717, 1.165) is 19.3 Å². The summed E-state index contributed by atoms with van der Waals surface area (Å²) < 4.78 is 38.6. The number of fused-ring (bicyclic) bond motifs is 2. The van der Waals surface area contributed by atoms with E-state index < -0.39 is 27.1 Å². The largest absolute Gasteiger partial charge is 0.465 e. The number of carbonyl (C=O) groups is 2. The first-order valence-corrected chi connectivity index (χ1v) is 13.9. The maximum atomic E-state index is 13.9. The maximum absolute atomic E-state index is 13.9. The van der Waals surface area contributed by atoms with Gasteiger partial charge in [0, 0.05) is 10.4 Å². The lowest BCUT2D eigenvalue weighted by Gasteiger charge is -2.69. The van der Waals surface area contributed by atoms with E-state index in [1.165, 1.54) is 24.3 Å². The van der Waals surface area contributed by atoms with Gasteiger partial charge in [-0.05, 0) is 86.1 Å². The molecular weight excluding hydrogens is 476 g/mol. The van der Waals surface area contributed by atoms with Crippen molar-refractivity contribution in [2.75, 3.05) is 6.61 Å². The van der Waals surface area contributed by atoms with Crippen LogP contribution in [0.25, 0.3) is 0 Å². The standard InChI is InChI=1S/C26H29ClO6S/c1-15-16-8-11-26(22(15)28)20(12-16)25-10-3-9-24(2,14-32-23(25)29)19(25)13-21(26)33-34(30,31)18-6-4-17(27)5-7-18/h4-7,16,19-21H,1,3,8-14H2,2H3/t16-,19?,20?,21+,24-,25?,26?/m0/s1. The number of hydrogen-bond acceptors (Lipinski definition) is 6. The maximum Gasteiger partial charge on any atom is 0.312 e. The van der Waals surface area contributed by atoms with Crippen molar-refractivity contribution < 1.29 is 26.9 Å². The second-order valence-electron chi connectivity index (χ2n) is 11.3. The van der Waals surface area contributed by atoms with Gasteiger partial charge in [0.1, 0.15) is 0 Å². The zero-order valence-corrected chi connectivity index (χ0v) is 20.8. The van der Waals surface area contributed by atoms with Crippen molar-refractivity contribution in [1.82, 2.24) is 0 Å². The number of hydrogen-bond donors (Lipinski definition) is 0. The summed E-state index contributed by atoms with van der Waals surface area (Å²) in [5.41, 5.74) is -1.53. The minimum absolute atomic E-state index is 0.00960. The van der Waals surface area contributed by atoms with Crippen molar-refractivity contribution in [1.29, 1.82) is 0 Å². The van der Waals surface area contributed by atoms with Crippen LogP contribution in [0.1, 0.15) is 51.9 Å². The number of carbonyl (C=O) groups excluding carboxylic acids is 2. The smallest absolute Gasteiger partial charge is 0.312 e. The number of halogens is 1. The molecule has 1 spiro atoms. The Balaban J connectivity index is 1.50. The fourth-order valence-electron chi connectivity index (χ4n) is 8.42. The Kier molecular flexibility index (Phi) is 4.80. The van der Waals surface area contributed by atoms with E-state index in [0.29, 0.717) is 42.9 Å². The van der Waals surface area contributed by atoms with Crippen LogP contribution >= 0.6 is 11.6 Å². The molecule has 0 radical (unpaired) electrons. The molecule has 182 valence electrons. The van der Waals surface area contributed by atoms with E-state index >= 15 is 0 Å². The lowest BCUT2D eigenvalue weighted by Crippen LogP contribution is -2.73. The van der Waals surface area contributed by atoms with Gasteiger partial charge in [-0.15, -0.1) is 0 Å². The van der Waals surface area contributed by atoms with Gasteiger partial charge in [0.25, 0.3) is 10.1 Å². The zero-order chi connectivity index (χ0) is 24.1. The summed E-state index contributed by atoms with van der Waals surface area (Å²) >= 11 is 5.96. The van der Waals surface area contributed by atoms with Crippen molar-refractivity contribution in [2.45, 2.75) is 62.9 Å². The van der Waals surface area contributed by atoms with Crippen LogP contribution in [0, 0.1) is 34.0 Å². The average Bonchev–Trinajstić information content (AvgIpc) is 2.80. The molecule has 1 saturated heterocycles. The second kappa shape index (κ2) is 7.17. The first kappa shape index (κ1) is 22.7. The summed E-state index contributed by atoms with van der Waals surface area (Å²) in [6, 6.07) is 5.86. The molecule has 1 aromatic rings. The van der Waals surface area contributed by atoms with Gasteiger partial charge in [0.2, 0.25) is 0 Å². The average molecular weight is 505 g/mol. The molecule has 34 heavy (non-hydrogen) atoms. The van der Waals surface area contributed by atoms with Crippen molar-refractivity contribution in [3.63, 3.8) is 0 Å². The van der Waals surface area contributed by atoms with E-state index in [4.69, 9.17) is 20.5 Å². The first-order valence-electron chi connectivity index (χ1n) is 12.1. The topological polar surface area (TPSA) is 86.7 Å². The van der Waals surface area contributed by atoms with Crippen LogP contribution in [0.5, 0.6) is 0 Å². The van der Waals surface area contributed by atoms with Crippen molar-refractivity contribution in [3.8, 4) is 0 Å². The van der Waals surface area contributed by atoms with Crippen molar-refractivity contribution in [2.24, 2.45) is 34.0 Å². The molecule has 8 heteroatoms. The van der Waals surface area contributed by atoms with E-state index in [9.17, 15) is 18.0 Å². The summed E-state index contributed by atoms with van der Waals surface area (Å²) in [7, 11) is -4.15. The highest BCUT2D eigenvalue weighted by molar-refractivity contribution is 7.86. The monoisotopic (exact) mass is 504 g/mol. The van der Waals surface area contributed by atoms with E-state index in [1.54, 1.807) is 0 Å². The first-order chi connectivity index (χ1) is 16.0. The highest BCUT2D eigenvalue weighted by Gasteiger charge is 2.76. The molecule has 7 rings (SSSR count). The molecule has 1 aliphatic heterocycles. The van der Waals surface area contributed by atoms with Crippen LogP contribution in [-0.2, 0) is 28.6 Å². The Hall–Kier alpha value is -1.70. The molecule has 7 atom stereocenters. The quantitative estimate of drug-likeness (QED) is 0.336. The predicted molar refractivity (Wildman–Crippen MR) is 124 cm³/mol. The van der Waals surface area contributed by atoms with E-state index in [-0.39, 0.29) is 39.8 Å². The fraction of sp³-hybridized carbons (Fsp3) is 0.615. The number of cyclic esters (lactones) is 1. The highest BCUT2D eigenvalue weighted by Crippen LogP contribution is 2.73. The van der Waals surface area contributed by atoms with Crippen LogP contribution in [0.3, 0.4) is 0 Å². The number of rotatable bonds is 3. The molecule has 0 amide bonds. The SMILES string of the molecule is C=C1C(=O)C23CC[C@H]1CC2C12CCC[C@@](C)(COC1=O)C2C[C@H]3OS(=O)(=O)c1ccc(Cl)cc1.